The standard InChI is InChI=1S/C8H8O2S.C7H8O2S2/c1-10-8(9)6-2-4-7(11)5-3-6;8-7(9)6(10)4-5-2-1-3-11-5/h2-5,11H,1H3;1-3,6,10H,4H2,(H,8,9). The second-order valence-electron chi connectivity index (χ2n) is 4.18. The molecule has 0 aliphatic heterocycles. The van der Waals surface area contributed by atoms with Crippen LogP contribution in [0.3, 0.4) is 0 Å². The molecule has 0 saturated heterocycles. The Morgan fingerprint density at radius 1 is 1.27 bits per heavy atom. The van der Waals surface area contributed by atoms with Crippen molar-refractivity contribution in [3.8, 4) is 0 Å². The maximum Gasteiger partial charge on any atom is 0.337 e. The van der Waals surface area contributed by atoms with E-state index < -0.39 is 11.2 Å². The Balaban J connectivity index is 0.000000220. The van der Waals surface area contributed by atoms with Gasteiger partial charge in [0.2, 0.25) is 0 Å². The number of methoxy groups -OCH3 is 1. The van der Waals surface area contributed by atoms with Gasteiger partial charge in [-0.1, -0.05) is 6.07 Å². The number of carboxylic acid groups (broad SMARTS) is 1. The number of hydrogen-bond acceptors (Lipinski definition) is 6. The first-order valence-corrected chi connectivity index (χ1v) is 8.09. The molecule has 4 nitrogen and oxygen atoms in total. The average Bonchev–Trinajstić information content (AvgIpc) is 3.00. The zero-order valence-electron chi connectivity index (χ0n) is 11.8. The molecule has 0 bridgehead atoms. The molecule has 1 heterocycles. The van der Waals surface area contributed by atoms with Crippen molar-refractivity contribution in [2.75, 3.05) is 7.11 Å². The van der Waals surface area contributed by atoms with E-state index in [-0.39, 0.29) is 5.97 Å². The largest absolute Gasteiger partial charge is 0.480 e. The van der Waals surface area contributed by atoms with Crippen LogP contribution >= 0.6 is 36.6 Å². The molecule has 1 N–H and O–H groups in total. The first-order chi connectivity index (χ1) is 10.4. The van der Waals surface area contributed by atoms with Crippen LogP contribution in [0.25, 0.3) is 0 Å². The zero-order valence-corrected chi connectivity index (χ0v) is 14.4. The van der Waals surface area contributed by atoms with E-state index in [2.05, 4.69) is 30.0 Å². The highest BCUT2D eigenvalue weighted by Crippen LogP contribution is 2.13. The molecule has 0 spiro atoms. The average molecular weight is 356 g/mol. The lowest BCUT2D eigenvalue weighted by Crippen LogP contribution is -2.15. The number of esters is 1. The van der Waals surface area contributed by atoms with E-state index in [1.807, 2.05) is 17.5 Å². The van der Waals surface area contributed by atoms with Crippen LogP contribution in [0, 0.1) is 0 Å². The van der Waals surface area contributed by atoms with Gasteiger partial charge in [0.15, 0.2) is 0 Å². The fraction of sp³-hybridized carbons (Fsp3) is 0.200. The SMILES string of the molecule is COC(=O)c1ccc(S)cc1.O=C(O)C(S)Cc1cccs1. The minimum absolute atomic E-state index is 0.321. The van der Waals surface area contributed by atoms with E-state index in [0.717, 1.165) is 9.77 Å². The number of carboxylic acids is 1. The molecule has 0 saturated carbocycles. The van der Waals surface area contributed by atoms with Crippen LogP contribution in [0.5, 0.6) is 0 Å². The molecule has 0 aliphatic rings. The number of rotatable bonds is 4. The number of benzene rings is 1. The summed E-state index contributed by atoms with van der Waals surface area (Å²) >= 11 is 9.55. The summed E-state index contributed by atoms with van der Waals surface area (Å²) in [6.07, 6.45) is 0.510. The van der Waals surface area contributed by atoms with E-state index in [1.165, 1.54) is 7.11 Å². The van der Waals surface area contributed by atoms with Gasteiger partial charge < -0.3 is 9.84 Å². The predicted octanol–water partition coefficient (Wildman–Crippen LogP) is 3.44. The molecule has 0 fully saturated rings. The second kappa shape index (κ2) is 9.55. The van der Waals surface area contributed by atoms with Crippen molar-refractivity contribution in [2.24, 2.45) is 0 Å². The smallest absolute Gasteiger partial charge is 0.337 e. The van der Waals surface area contributed by atoms with Crippen LogP contribution in [0.15, 0.2) is 46.7 Å². The Morgan fingerprint density at radius 2 is 1.91 bits per heavy atom. The molecule has 7 heteroatoms. The van der Waals surface area contributed by atoms with Crippen molar-refractivity contribution in [1.82, 2.24) is 0 Å². The van der Waals surface area contributed by atoms with E-state index in [4.69, 9.17) is 5.11 Å². The van der Waals surface area contributed by atoms with E-state index >= 15 is 0 Å². The quantitative estimate of drug-likeness (QED) is 0.580. The van der Waals surface area contributed by atoms with Crippen LogP contribution in [0.2, 0.25) is 0 Å². The molecule has 0 amide bonds. The number of thiophene rings is 1. The van der Waals surface area contributed by atoms with Gasteiger partial charge in [0, 0.05) is 16.2 Å². The molecule has 1 unspecified atom stereocenters. The third-order valence-electron chi connectivity index (χ3n) is 2.55. The number of carbonyl (C=O) groups excluding carboxylic acids is 1. The van der Waals surface area contributed by atoms with Crippen LogP contribution in [0.4, 0.5) is 0 Å². The van der Waals surface area contributed by atoms with Gasteiger partial charge >= 0.3 is 11.9 Å². The predicted molar refractivity (Wildman–Crippen MR) is 93.5 cm³/mol. The maximum atomic E-state index is 10.9. The number of aliphatic carboxylic acids is 1. The summed E-state index contributed by atoms with van der Waals surface area (Å²) in [5, 5.41) is 9.86. The Bertz CT molecular complexity index is 594. The van der Waals surface area contributed by atoms with Gasteiger partial charge in [0.05, 0.1) is 12.7 Å². The Hall–Kier alpha value is -1.44. The summed E-state index contributed by atoms with van der Waals surface area (Å²) in [7, 11) is 1.36. The Labute approximate surface area is 144 Å². The highest BCUT2D eigenvalue weighted by atomic mass is 32.1. The maximum absolute atomic E-state index is 10.9. The van der Waals surface area contributed by atoms with E-state index in [0.29, 0.717) is 12.0 Å². The van der Waals surface area contributed by atoms with Crippen molar-refractivity contribution in [3.63, 3.8) is 0 Å². The number of ether oxygens (including phenoxy) is 1. The topological polar surface area (TPSA) is 63.6 Å². The number of thiol groups is 2. The van der Waals surface area contributed by atoms with Gasteiger partial charge in [-0.25, -0.2) is 4.79 Å². The summed E-state index contributed by atoms with van der Waals surface area (Å²) < 4.78 is 4.51. The lowest BCUT2D eigenvalue weighted by molar-refractivity contribution is -0.136. The third-order valence-corrected chi connectivity index (χ3v) is 4.15. The highest BCUT2D eigenvalue weighted by molar-refractivity contribution is 7.81. The fourth-order valence-corrected chi connectivity index (χ4v) is 2.64. The molecule has 0 radical (unpaired) electrons. The van der Waals surface area contributed by atoms with Crippen molar-refractivity contribution in [1.29, 1.82) is 0 Å². The van der Waals surface area contributed by atoms with Gasteiger partial charge in [-0.15, -0.1) is 24.0 Å². The molecule has 1 atom stereocenters. The minimum Gasteiger partial charge on any atom is -0.480 e. The van der Waals surface area contributed by atoms with Crippen molar-refractivity contribution < 1.29 is 19.4 Å². The lowest BCUT2D eigenvalue weighted by Gasteiger charge is -2.00. The first-order valence-electron chi connectivity index (χ1n) is 6.24. The van der Waals surface area contributed by atoms with Crippen LogP contribution in [-0.2, 0) is 16.0 Å². The molecule has 2 aromatic rings. The van der Waals surface area contributed by atoms with Gasteiger partial charge in [-0.2, -0.15) is 12.6 Å². The molecule has 22 heavy (non-hydrogen) atoms. The molecule has 118 valence electrons. The van der Waals surface area contributed by atoms with Crippen molar-refractivity contribution in [3.05, 3.63) is 52.2 Å². The highest BCUT2D eigenvalue weighted by Gasteiger charge is 2.12. The number of carbonyl (C=O) groups is 2. The molecule has 1 aromatic heterocycles. The van der Waals surface area contributed by atoms with Gasteiger partial charge in [-0.3, -0.25) is 4.79 Å². The second-order valence-corrected chi connectivity index (χ2v) is 6.35. The molecular formula is C15H16O4S3. The normalized spacial score (nSPS) is 11.0. The molecule has 2 rings (SSSR count). The minimum atomic E-state index is -0.860. The van der Waals surface area contributed by atoms with Crippen LogP contribution in [-0.4, -0.2) is 29.4 Å². The van der Waals surface area contributed by atoms with Gasteiger partial charge in [0.1, 0.15) is 5.25 Å². The summed E-state index contributed by atoms with van der Waals surface area (Å²) in [6, 6.07) is 10.7. The van der Waals surface area contributed by atoms with E-state index in [1.54, 1.807) is 35.6 Å². The summed E-state index contributed by atoms with van der Waals surface area (Å²) in [4.78, 5) is 23.1. The summed E-state index contributed by atoms with van der Waals surface area (Å²) in [5.41, 5.74) is 0.547. The van der Waals surface area contributed by atoms with Gasteiger partial charge in [-0.05, 0) is 35.7 Å². The Kier molecular flexibility index (Phi) is 8.08. The first kappa shape index (κ1) is 18.6. The third kappa shape index (κ3) is 6.55. The molecule has 1 aromatic carbocycles. The summed E-state index contributed by atoms with van der Waals surface area (Å²) in [6.45, 7) is 0. The zero-order chi connectivity index (χ0) is 16.5. The van der Waals surface area contributed by atoms with Gasteiger partial charge in [0.25, 0.3) is 0 Å². The van der Waals surface area contributed by atoms with Crippen molar-refractivity contribution >= 4 is 48.5 Å². The monoisotopic (exact) mass is 356 g/mol. The molecule has 0 aliphatic carbocycles. The lowest BCUT2D eigenvalue weighted by atomic mass is 10.2. The number of hydrogen-bond donors (Lipinski definition) is 3. The van der Waals surface area contributed by atoms with E-state index in [9.17, 15) is 9.59 Å². The molecular weight excluding hydrogens is 340 g/mol. The van der Waals surface area contributed by atoms with Crippen LogP contribution in [0.1, 0.15) is 15.2 Å². The Morgan fingerprint density at radius 3 is 2.36 bits per heavy atom. The fourth-order valence-electron chi connectivity index (χ4n) is 1.42. The van der Waals surface area contributed by atoms with Crippen LogP contribution < -0.4 is 0 Å². The summed E-state index contributed by atoms with van der Waals surface area (Å²) in [5.74, 6) is -1.18. The van der Waals surface area contributed by atoms with Crippen molar-refractivity contribution in [2.45, 2.75) is 16.6 Å².